The fourth-order valence-electron chi connectivity index (χ4n) is 2.58. The molecular formula is C19H21FN4O. The lowest BCUT2D eigenvalue weighted by atomic mass is 10.0. The van der Waals surface area contributed by atoms with Crippen LogP contribution >= 0.6 is 0 Å². The zero-order chi connectivity index (χ0) is 18.2. The van der Waals surface area contributed by atoms with Gasteiger partial charge in [-0.2, -0.15) is 0 Å². The summed E-state index contributed by atoms with van der Waals surface area (Å²) in [6.45, 7) is 7.18. The van der Waals surface area contributed by atoms with Gasteiger partial charge in [0.15, 0.2) is 11.6 Å². The molecule has 5 nitrogen and oxygen atoms in total. The SMILES string of the molecule is CC(C)Nc1c(F)cnc2ccc(-c3cnc(C(C)(C)O)nc3)cc12. The summed E-state index contributed by atoms with van der Waals surface area (Å²) in [4.78, 5) is 12.6. The van der Waals surface area contributed by atoms with Gasteiger partial charge in [-0.1, -0.05) is 6.07 Å². The smallest absolute Gasteiger partial charge is 0.165 e. The molecule has 0 aliphatic heterocycles. The second-order valence-electron chi connectivity index (χ2n) is 6.87. The third-order valence-electron chi connectivity index (χ3n) is 3.79. The van der Waals surface area contributed by atoms with Crippen LogP contribution in [-0.4, -0.2) is 26.1 Å². The van der Waals surface area contributed by atoms with Crippen LogP contribution in [-0.2, 0) is 5.60 Å². The molecule has 1 aromatic carbocycles. The van der Waals surface area contributed by atoms with Gasteiger partial charge in [0.2, 0.25) is 0 Å². The number of aromatic nitrogens is 3. The van der Waals surface area contributed by atoms with Crippen LogP contribution in [0.5, 0.6) is 0 Å². The molecule has 0 fully saturated rings. The van der Waals surface area contributed by atoms with Crippen LogP contribution in [0.1, 0.15) is 33.5 Å². The summed E-state index contributed by atoms with van der Waals surface area (Å²) < 4.78 is 14.2. The van der Waals surface area contributed by atoms with Crippen LogP contribution in [0.2, 0.25) is 0 Å². The first-order valence-electron chi connectivity index (χ1n) is 8.16. The van der Waals surface area contributed by atoms with E-state index < -0.39 is 5.60 Å². The van der Waals surface area contributed by atoms with Crippen molar-refractivity contribution in [2.75, 3.05) is 5.32 Å². The van der Waals surface area contributed by atoms with Crippen molar-refractivity contribution >= 4 is 16.6 Å². The van der Waals surface area contributed by atoms with E-state index in [0.717, 1.165) is 11.1 Å². The number of fused-ring (bicyclic) bond motifs is 1. The molecule has 2 N–H and O–H groups in total. The molecule has 0 aliphatic carbocycles. The van der Waals surface area contributed by atoms with Crippen LogP contribution < -0.4 is 5.32 Å². The maximum absolute atomic E-state index is 14.2. The number of hydrogen-bond acceptors (Lipinski definition) is 5. The van der Waals surface area contributed by atoms with E-state index in [1.54, 1.807) is 26.2 Å². The molecule has 2 heterocycles. The quantitative estimate of drug-likeness (QED) is 0.754. The number of anilines is 1. The largest absolute Gasteiger partial charge is 0.382 e. The fourth-order valence-corrected chi connectivity index (χ4v) is 2.58. The van der Waals surface area contributed by atoms with Gasteiger partial charge in [-0.05, 0) is 45.4 Å². The van der Waals surface area contributed by atoms with Crippen LogP contribution in [0.15, 0.2) is 36.8 Å². The molecule has 0 saturated carbocycles. The minimum Gasteiger partial charge on any atom is -0.382 e. The summed E-state index contributed by atoms with van der Waals surface area (Å²) in [6.07, 6.45) is 4.54. The molecule has 2 aromatic heterocycles. The van der Waals surface area contributed by atoms with Crippen molar-refractivity contribution < 1.29 is 9.50 Å². The third-order valence-corrected chi connectivity index (χ3v) is 3.79. The molecule has 0 atom stereocenters. The highest BCUT2D eigenvalue weighted by Crippen LogP contribution is 2.30. The average Bonchev–Trinajstić information content (AvgIpc) is 2.56. The zero-order valence-electron chi connectivity index (χ0n) is 14.7. The molecule has 0 amide bonds. The maximum atomic E-state index is 14.2. The summed E-state index contributed by atoms with van der Waals surface area (Å²) in [5.74, 6) is -0.0288. The Labute approximate surface area is 146 Å². The highest BCUT2D eigenvalue weighted by molar-refractivity contribution is 5.94. The highest BCUT2D eigenvalue weighted by Gasteiger charge is 2.19. The Bertz CT molecular complexity index is 902. The lowest BCUT2D eigenvalue weighted by molar-refractivity contribution is 0.0687. The minimum absolute atomic E-state index is 0.0955. The van der Waals surface area contributed by atoms with Gasteiger partial charge < -0.3 is 10.4 Å². The average molecular weight is 340 g/mol. The number of rotatable bonds is 4. The van der Waals surface area contributed by atoms with Crippen molar-refractivity contribution in [1.29, 1.82) is 0 Å². The molecule has 0 spiro atoms. The Morgan fingerprint density at radius 2 is 1.72 bits per heavy atom. The first-order valence-corrected chi connectivity index (χ1v) is 8.16. The molecule has 3 aromatic rings. The topological polar surface area (TPSA) is 70.9 Å². The maximum Gasteiger partial charge on any atom is 0.165 e. The number of hydrogen-bond donors (Lipinski definition) is 2. The van der Waals surface area contributed by atoms with Crippen LogP contribution in [0.3, 0.4) is 0 Å². The third kappa shape index (κ3) is 3.58. The van der Waals surface area contributed by atoms with Crippen molar-refractivity contribution in [3.63, 3.8) is 0 Å². The van der Waals surface area contributed by atoms with Gasteiger partial charge in [0.25, 0.3) is 0 Å². The van der Waals surface area contributed by atoms with Gasteiger partial charge in [0.05, 0.1) is 17.4 Å². The van der Waals surface area contributed by atoms with Crippen molar-refractivity contribution in [2.45, 2.75) is 39.3 Å². The summed E-state index contributed by atoms with van der Waals surface area (Å²) in [5, 5.41) is 13.8. The predicted octanol–water partition coefficient (Wildman–Crippen LogP) is 3.88. The van der Waals surface area contributed by atoms with Crippen LogP contribution in [0.4, 0.5) is 10.1 Å². The molecular weight excluding hydrogens is 319 g/mol. The number of nitrogens with one attached hydrogen (secondary N) is 1. The van der Waals surface area contributed by atoms with Crippen molar-refractivity contribution in [2.24, 2.45) is 0 Å². The molecule has 130 valence electrons. The Kier molecular flexibility index (Phi) is 4.39. The van der Waals surface area contributed by atoms with Gasteiger partial charge in [0, 0.05) is 29.4 Å². The van der Waals surface area contributed by atoms with Gasteiger partial charge >= 0.3 is 0 Å². The van der Waals surface area contributed by atoms with E-state index >= 15 is 0 Å². The molecule has 0 unspecified atom stereocenters. The molecule has 0 aliphatic rings. The van der Waals surface area contributed by atoms with E-state index in [1.807, 2.05) is 32.0 Å². The predicted molar refractivity (Wildman–Crippen MR) is 96.7 cm³/mol. The van der Waals surface area contributed by atoms with Crippen LogP contribution in [0, 0.1) is 5.82 Å². The van der Waals surface area contributed by atoms with E-state index in [4.69, 9.17) is 0 Å². The number of aliphatic hydroxyl groups is 1. The summed E-state index contributed by atoms with van der Waals surface area (Å²) in [6, 6.07) is 5.71. The molecule has 0 radical (unpaired) electrons. The lowest BCUT2D eigenvalue weighted by Crippen LogP contribution is -2.19. The van der Waals surface area contributed by atoms with Crippen molar-refractivity contribution in [1.82, 2.24) is 15.0 Å². The van der Waals surface area contributed by atoms with Crippen LogP contribution in [0.25, 0.3) is 22.0 Å². The Morgan fingerprint density at radius 3 is 2.32 bits per heavy atom. The monoisotopic (exact) mass is 340 g/mol. The summed E-state index contributed by atoms with van der Waals surface area (Å²) >= 11 is 0. The van der Waals surface area contributed by atoms with Gasteiger partial charge in [0.1, 0.15) is 5.60 Å². The second kappa shape index (κ2) is 6.37. The highest BCUT2D eigenvalue weighted by atomic mass is 19.1. The second-order valence-corrected chi connectivity index (χ2v) is 6.87. The number of nitrogens with zero attached hydrogens (tertiary/aromatic N) is 3. The molecule has 6 heteroatoms. The zero-order valence-corrected chi connectivity index (χ0v) is 14.7. The van der Waals surface area contributed by atoms with Gasteiger partial charge in [-0.25, -0.2) is 14.4 Å². The van der Waals surface area contributed by atoms with E-state index in [9.17, 15) is 9.50 Å². The minimum atomic E-state index is -1.09. The molecule has 0 bridgehead atoms. The normalized spacial score (nSPS) is 12.0. The van der Waals surface area contributed by atoms with Gasteiger partial charge in [-0.15, -0.1) is 0 Å². The summed E-state index contributed by atoms with van der Waals surface area (Å²) in [7, 11) is 0. The fraction of sp³-hybridized carbons (Fsp3) is 0.316. The number of halogens is 1. The van der Waals surface area contributed by atoms with E-state index in [0.29, 0.717) is 22.4 Å². The molecule has 3 rings (SSSR count). The first-order chi connectivity index (χ1) is 11.8. The Morgan fingerprint density at radius 1 is 1.04 bits per heavy atom. The Hall–Kier alpha value is -2.60. The van der Waals surface area contributed by atoms with E-state index in [1.165, 1.54) is 6.20 Å². The van der Waals surface area contributed by atoms with E-state index in [-0.39, 0.29) is 11.9 Å². The molecule has 0 saturated heterocycles. The first kappa shape index (κ1) is 17.2. The lowest BCUT2D eigenvalue weighted by Gasteiger charge is -2.16. The Balaban J connectivity index is 2.08. The van der Waals surface area contributed by atoms with Crippen molar-refractivity contribution in [3.8, 4) is 11.1 Å². The van der Waals surface area contributed by atoms with Crippen molar-refractivity contribution in [3.05, 3.63) is 48.4 Å². The van der Waals surface area contributed by atoms with E-state index in [2.05, 4.69) is 20.3 Å². The number of benzene rings is 1. The standard InChI is InChI=1S/C19H21FN4O/c1-11(2)24-17-14-7-12(5-6-16(14)21-10-15(17)20)13-8-22-18(23-9-13)19(3,4)25/h5-11,25H,1-4H3,(H,21,24). The number of pyridine rings is 1. The van der Waals surface area contributed by atoms with Gasteiger partial charge in [-0.3, -0.25) is 4.98 Å². The summed E-state index contributed by atoms with van der Waals surface area (Å²) in [5.41, 5.74) is 1.70. The molecule has 25 heavy (non-hydrogen) atoms.